The molecule has 1 aliphatic carbocycles. The van der Waals surface area contributed by atoms with E-state index in [9.17, 15) is 0 Å². The van der Waals surface area contributed by atoms with E-state index in [4.69, 9.17) is 10.4 Å². The Kier molecular flexibility index (Phi) is 3.80. The van der Waals surface area contributed by atoms with E-state index in [-0.39, 0.29) is 0 Å². The van der Waals surface area contributed by atoms with Crippen LogP contribution in [0.25, 0.3) is 5.65 Å². The highest BCUT2D eigenvalue weighted by Crippen LogP contribution is 2.38. The lowest BCUT2D eigenvalue weighted by Crippen LogP contribution is -2.58. The molecule has 2 fully saturated rings. The van der Waals surface area contributed by atoms with Gasteiger partial charge in [0.1, 0.15) is 5.82 Å². The Hall–Kier alpha value is -2.98. The van der Waals surface area contributed by atoms with Crippen molar-refractivity contribution in [2.75, 3.05) is 25.0 Å². The Balaban J connectivity index is 1.24. The number of nitriles is 1. The highest BCUT2D eigenvalue weighted by molar-refractivity contribution is 5.48. The van der Waals surface area contributed by atoms with Crippen molar-refractivity contribution >= 4 is 11.5 Å². The molecule has 0 bridgehead atoms. The molecule has 0 unspecified atom stereocenters. The van der Waals surface area contributed by atoms with Gasteiger partial charge in [0.2, 0.25) is 0 Å². The standard InChI is InChI=1S/C20H21N7/c1-25(11-15-4-2-14(10-21)3-5-15)17-12-26(13-17)19-9-8-18-22-23-20(16-6-7-16)27(18)24-19/h2-5,8-9,16-17H,6-7,11-13H2,1H3. The average molecular weight is 359 g/mol. The van der Waals surface area contributed by atoms with Crippen molar-refractivity contribution in [3.8, 4) is 6.07 Å². The van der Waals surface area contributed by atoms with Gasteiger partial charge in [-0.1, -0.05) is 12.1 Å². The first-order chi connectivity index (χ1) is 13.2. The number of rotatable bonds is 5. The number of fused-ring (bicyclic) bond motifs is 1. The average Bonchev–Trinajstić information content (AvgIpc) is 3.40. The van der Waals surface area contributed by atoms with E-state index in [1.807, 2.05) is 40.9 Å². The second kappa shape index (κ2) is 6.32. The van der Waals surface area contributed by atoms with Crippen molar-refractivity contribution in [1.82, 2.24) is 24.7 Å². The minimum atomic E-state index is 0.502. The van der Waals surface area contributed by atoms with Crippen molar-refractivity contribution in [1.29, 1.82) is 5.26 Å². The Bertz CT molecular complexity index is 1010. The van der Waals surface area contributed by atoms with Crippen LogP contribution in [0.5, 0.6) is 0 Å². The first-order valence-electron chi connectivity index (χ1n) is 9.38. The van der Waals surface area contributed by atoms with E-state index in [0.717, 1.165) is 36.9 Å². The van der Waals surface area contributed by atoms with Gasteiger partial charge < -0.3 is 4.90 Å². The number of hydrogen-bond donors (Lipinski definition) is 0. The van der Waals surface area contributed by atoms with E-state index in [2.05, 4.69) is 33.1 Å². The fourth-order valence-corrected chi connectivity index (χ4v) is 3.58. The largest absolute Gasteiger partial charge is 0.352 e. The topological polar surface area (TPSA) is 73.4 Å². The maximum Gasteiger partial charge on any atom is 0.178 e. The third-order valence-corrected chi connectivity index (χ3v) is 5.54. The van der Waals surface area contributed by atoms with Gasteiger partial charge >= 0.3 is 0 Å². The molecule has 2 aliphatic rings. The molecule has 0 N–H and O–H groups in total. The molecule has 3 aromatic rings. The fourth-order valence-electron chi connectivity index (χ4n) is 3.58. The normalized spacial score (nSPS) is 17.3. The molecule has 1 aliphatic heterocycles. The summed E-state index contributed by atoms with van der Waals surface area (Å²) in [6, 6.07) is 14.5. The first kappa shape index (κ1) is 16.2. The summed E-state index contributed by atoms with van der Waals surface area (Å²) in [4.78, 5) is 4.67. The van der Waals surface area contributed by atoms with Crippen LogP contribution in [0.1, 0.15) is 35.7 Å². The molecule has 0 atom stereocenters. The summed E-state index contributed by atoms with van der Waals surface area (Å²) in [5, 5.41) is 22.2. The summed E-state index contributed by atoms with van der Waals surface area (Å²) in [6.45, 7) is 2.81. The predicted octanol–water partition coefficient (Wildman–Crippen LogP) is 2.19. The van der Waals surface area contributed by atoms with E-state index >= 15 is 0 Å². The monoisotopic (exact) mass is 359 g/mol. The van der Waals surface area contributed by atoms with E-state index in [0.29, 0.717) is 17.5 Å². The summed E-state index contributed by atoms with van der Waals surface area (Å²) < 4.78 is 1.92. The van der Waals surface area contributed by atoms with Crippen molar-refractivity contribution in [3.63, 3.8) is 0 Å². The van der Waals surface area contributed by atoms with Crippen molar-refractivity contribution in [3.05, 3.63) is 53.3 Å². The first-order valence-corrected chi connectivity index (χ1v) is 9.38. The lowest BCUT2D eigenvalue weighted by molar-refractivity contribution is 0.196. The summed E-state index contributed by atoms with van der Waals surface area (Å²) in [5.41, 5.74) is 2.76. The Morgan fingerprint density at radius 1 is 1.11 bits per heavy atom. The molecule has 7 heteroatoms. The highest BCUT2D eigenvalue weighted by Gasteiger charge is 2.32. The maximum atomic E-state index is 8.90. The van der Waals surface area contributed by atoms with Gasteiger partial charge in [-0.05, 0) is 49.7 Å². The number of hydrogen-bond acceptors (Lipinski definition) is 6. The Morgan fingerprint density at radius 3 is 2.59 bits per heavy atom. The second-order valence-corrected chi connectivity index (χ2v) is 7.58. The van der Waals surface area contributed by atoms with Crippen LogP contribution in [-0.2, 0) is 6.54 Å². The van der Waals surface area contributed by atoms with Gasteiger partial charge in [0.15, 0.2) is 11.5 Å². The van der Waals surface area contributed by atoms with Crippen LogP contribution in [0, 0.1) is 11.3 Å². The summed E-state index contributed by atoms with van der Waals surface area (Å²) >= 11 is 0. The lowest BCUT2D eigenvalue weighted by Gasteiger charge is -2.44. The molecule has 0 spiro atoms. The van der Waals surface area contributed by atoms with Crippen molar-refractivity contribution in [2.45, 2.75) is 31.3 Å². The van der Waals surface area contributed by atoms with E-state index < -0.39 is 0 Å². The number of anilines is 1. The smallest absolute Gasteiger partial charge is 0.178 e. The molecule has 7 nitrogen and oxygen atoms in total. The molecule has 1 saturated heterocycles. The third kappa shape index (κ3) is 3.02. The summed E-state index contributed by atoms with van der Waals surface area (Å²) in [5.74, 6) is 2.53. The minimum absolute atomic E-state index is 0.502. The predicted molar refractivity (Wildman–Crippen MR) is 101 cm³/mol. The van der Waals surface area contributed by atoms with Gasteiger partial charge in [-0.3, -0.25) is 4.90 Å². The number of likely N-dealkylation sites (N-methyl/N-ethyl adjacent to an activating group) is 1. The van der Waals surface area contributed by atoms with Gasteiger partial charge in [-0.15, -0.1) is 15.3 Å². The molecule has 27 heavy (non-hydrogen) atoms. The molecular formula is C20H21N7. The summed E-state index contributed by atoms with van der Waals surface area (Å²) in [6.07, 6.45) is 2.39. The molecule has 0 radical (unpaired) electrons. The number of benzene rings is 1. The highest BCUT2D eigenvalue weighted by atomic mass is 15.4. The molecule has 1 aromatic carbocycles. The van der Waals surface area contributed by atoms with Crippen molar-refractivity contribution in [2.24, 2.45) is 0 Å². The van der Waals surface area contributed by atoms with Gasteiger partial charge in [0.05, 0.1) is 11.6 Å². The zero-order chi connectivity index (χ0) is 18.4. The van der Waals surface area contributed by atoms with Crippen LogP contribution < -0.4 is 4.90 Å². The maximum absolute atomic E-state index is 8.90. The third-order valence-electron chi connectivity index (χ3n) is 5.54. The zero-order valence-corrected chi connectivity index (χ0v) is 15.3. The van der Waals surface area contributed by atoms with Crippen LogP contribution in [-0.4, -0.2) is 50.9 Å². The minimum Gasteiger partial charge on any atom is -0.352 e. The lowest BCUT2D eigenvalue weighted by atomic mass is 10.1. The van der Waals surface area contributed by atoms with Gasteiger partial charge in [-0.25, -0.2) is 0 Å². The number of nitrogens with zero attached hydrogens (tertiary/aromatic N) is 7. The Labute approximate surface area is 157 Å². The summed E-state index contributed by atoms with van der Waals surface area (Å²) in [7, 11) is 2.15. The van der Waals surface area contributed by atoms with Crippen LogP contribution in [0.3, 0.4) is 0 Å². The molecule has 3 heterocycles. The molecular weight excluding hydrogens is 338 g/mol. The van der Waals surface area contributed by atoms with Gasteiger partial charge in [-0.2, -0.15) is 9.78 Å². The van der Waals surface area contributed by atoms with Crippen molar-refractivity contribution < 1.29 is 0 Å². The van der Waals surface area contributed by atoms with Gasteiger partial charge in [0.25, 0.3) is 0 Å². The molecule has 0 amide bonds. The molecule has 1 saturated carbocycles. The molecule has 136 valence electrons. The van der Waals surface area contributed by atoms with E-state index in [1.54, 1.807) is 0 Å². The number of aromatic nitrogens is 4. The van der Waals surface area contributed by atoms with Crippen LogP contribution in [0.4, 0.5) is 5.82 Å². The van der Waals surface area contributed by atoms with Gasteiger partial charge in [0, 0.05) is 31.6 Å². The second-order valence-electron chi connectivity index (χ2n) is 7.58. The fraction of sp³-hybridized carbons (Fsp3) is 0.400. The molecule has 5 rings (SSSR count). The SMILES string of the molecule is CN(Cc1ccc(C#N)cc1)C1CN(c2ccc3nnc(C4CC4)n3n2)C1. The molecule has 2 aromatic heterocycles. The zero-order valence-electron chi connectivity index (χ0n) is 15.3. The Morgan fingerprint density at radius 2 is 1.89 bits per heavy atom. The quantitative estimate of drug-likeness (QED) is 0.695. The van der Waals surface area contributed by atoms with Crippen LogP contribution in [0.2, 0.25) is 0 Å². The van der Waals surface area contributed by atoms with Crippen LogP contribution >= 0.6 is 0 Å². The van der Waals surface area contributed by atoms with E-state index in [1.165, 1.54) is 18.4 Å². The van der Waals surface area contributed by atoms with Crippen LogP contribution in [0.15, 0.2) is 36.4 Å².